The number of nitrogens with zero attached hydrogens (tertiary/aromatic N) is 3. The van der Waals surface area contributed by atoms with E-state index in [2.05, 4.69) is 67.9 Å². The Balaban J connectivity index is 1.23. The molecule has 5 aromatic rings. The van der Waals surface area contributed by atoms with Crippen molar-refractivity contribution in [3.8, 4) is 10.7 Å². The molecule has 2 aromatic carbocycles. The molecule has 36 heavy (non-hydrogen) atoms. The van der Waals surface area contributed by atoms with Crippen molar-refractivity contribution in [2.75, 3.05) is 25.5 Å². The molecule has 0 aliphatic rings. The van der Waals surface area contributed by atoms with E-state index in [9.17, 15) is 4.79 Å². The minimum Gasteiger partial charge on any atom is -0.378 e. The van der Waals surface area contributed by atoms with Crippen molar-refractivity contribution >= 4 is 33.8 Å². The molecule has 184 valence electrons. The Morgan fingerprint density at radius 1 is 1.11 bits per heavy atom. The number of hydrogen-bond acceptors (Lipinski definition) is 6. The van der Waals surface area contributed by atoms with Crippen LogP contribution in [-0.2, 0) is 11.2 Å². The minimum atomic E-state index is 0.0164. The van der Waals surface area contributed by atoms with Gasteiger partial charge in [-0.1, -0.05) is 41.6 Å². The number of nitrogens with one attached hydrogen (secondary N) is 2. The fourth-order valence-corrected chi connectivity index (χ4v) is 5.01. The summed E-state index contributed by atoms with van der Waals surface area (Å²) in [5.74, 6) is 1.21. The summed E-state index contributed by atoms with van der Waals surface area (Å²) >= 11 is 1.57. The molecule has 0 fully saturated rings. The quantitative estimate of drug-likeness (QED) is 0.261. The summed E-state index contributed by atoms with van der Waals surface area (Å²) in [5, 5.41) is 10.3. The number of anilines is 1. The van der Waals surface area contributed by atoms with Gasteiger partial charge in [0.1, 0.15) is 0 Å². The number of hydrogen-bond donors (Lipinski definition) is 2. The highest BCUT2D eigenvalue weighted by atomic mass is 32.1. The average molecular weight is 500 g/mol. The van der Waals surface area contributed by atoms with Crippen LogP contribution in [0.25, 0.3) is 21.6 Å². The zero-order valence-electron chi connectivity index (χ0n) is 20.4. The van der Waals surface area contributed by atoms with Crippen molar-refractivity contribution in [3.05, 3.63) is 89.3 Å². The molecule has 7 nitrogen and oxygen atoms in total. The van der Waals surface area contributed by atoms with Gasteiger partial charge in [0, 0.05) is 62.2 Å². The maximum atomic E-state index is 12.7. The van der Waals surface area contributed by atoms with Gasteiger partial charge in [-0.3, -0.25) is 4.79 Å². The lowest BCUT2D eigenvalue weighted by atomic mass is 9.90. The van der Waals surface area contributed by atoms with Gasteiger partial charge in [0.2, 0.25) is 17.6 Å². The fourth-order valence-electron chi connectivity index (χ4n) is 4.36. The maximum absolute atomic E-state index is 12.7. The summed E-state index contributed by atoms with van der Waals surface area (Å²) < 4.78 is 5.35. The van der Waals surface area contributed by atoms with Crippen molar-refractivity contribution in [3.63, 3.8) is 0 Å². The van der Waals surface area contributed by atoms with Crippen LogP contribution in [0.1, 0.15) is 35.8 Å². The van der Waals surface area contributed by atoms with E-state index in [1.807, 2.05) is 43.7 Å². The Hall–Kier alpha value is -3.91. The summed E-state index contributed by atoms with van der Waals surface area (Å²) in [6, 6.07) is 20.7. The maximum Gasteiger partial charge on any atom is 0.226 e. The summed E-state index contributed by atoms with van der Waals surface area (Å²) in [4.78, 5) is 23.6. The smallest absolute Gasteiger partial charge is 0.226 e. The number of para-hydroxylation sites is 1. The van der Waals surface area contributed by atoms with Crippen LogP contribution in [0.2, 0.25) is 0 Å². The third-order valence-electron chi connectivity index (χ3n) is 6.32. The number of aromatic amines is 1. The molecule has 0 bridgehead atoms. The van der Waals surface area contributed by atoms with E-state index < -0.39 is 0 Å². The van der Waals surface area contributed by atoms with Crippen LogP contribution in [0.5, 0.6) is 0 Å². The standard InChI is InChI=1S/C28H29N5O2S/c1-33(2)20-14-12-19(13-15-20)22(23-18-29-24-8-4-3-7-21(23)24)17-30-26(34)10-5-11-27-31-28(32-35-27)25-9-6-16-36-25/h3-4,6-9,12-16,18,22,29H,5,10-11,17H2,1-2H3,(H,30,34). The highest BCUT2D eigenvalue weighted by Crippen LogP contribution is 2.31. The molecule has 0 aliphatic heterocycles. The lowest BCUT2D eigenvalue weighted by molar-refractivity contribution is -0.121. The van der Waals surface area contributed by atoms with Gasteiger partial charge in [0.05, 0.1) is 4.88 Å². The number of fused-ring (bicyclic) bond motifs is 1. The third-order valence-corrected chi connectivity index (χ3v) is 7.18. The van der Waals surface area contributed by atoms with Gasteiger partial charge in [0.15, 0.2) is 0 Å². The van der Waals surface area contributed by atoms with Crippen LogP contribution >= 0.6 is 11.3 Å². The van der Waals surface area contributed by atoms with Crippen molar-refractivity contribution in [1.29, 1.82) is 0 Å². The van der Waals surface area contributed by atoms with E-state index >= 15 is 0 Å². The van der Waals surface area contributed by atoms with Gasteiger partial charge in [-0.25, -0.2) is 0 Å². The Morgan fingerprint density at radius 2 is 1.94 bits per heavy atom. The molecule has 0 spiro atoms. The number of thiophene rings is 1. The first kappa shape index (κ1) is 23.8. The topological polar surface area (TPSA) is 87.1 Å². The van der Waals surface area contributed by atoms with Crippen molar-refractivity contribution < 1.29 is 9.32 Å². The Morgan fingerprint density at radius 3 is 2.72 bits per heavy atom. The highest BCUT2D eigenvalue weighted by Gasteiger charge is 2.19. The number of amides is 1. The number of aromatic nitrogens is 3. The summed E-state index contributed by atoms with van der Waals surface area (Å²) in [5.41, 5.74) is 4.58. The van der Waals surface area contributed by atoms with Crippen LogP contribution in [0.15, 0.2) is 76.8 Å². The molecular weight excluding hydrogens is 470 g/mol. The van der Waals surface area contributed by atoms with Gasteiger partial charge in [-0.2, -0.15) is 4.98 Å². The molecule has 1 atom stereocenters. The van der Waals surface area contributed by atoms with E-state index in [4.69, 9.17) is 4.52 Å². The van der Waals surface area contributed by atoms with Gasteiger partial charge in [-0.15, -0.1) is 11.3 Å². The van der Waals surface area contributed by atoms with Gasteiger partial charge < -0.3 is 19.7 Å². The average Bonchev–Trinajstić information content (AvgIpc) is 3.66. The number of aryl methyl sites for hydroxylation is 1. The molecule has 3 heterocycles. The van der Waals surface area contributed by atoms with E-state index in [-0.39, 0.29) is 11.8 Å². The first-order valence-electron chi connectivity index (χ1n) is 12.0. The Labute approximate surface area is 214 Å². The normalized spacial score (nSPS) is 12.1. The molecule has 0 saturated carbocycles. The van der Waals surface area contributed by atoms with Gasteiger partial charge in [-0.05, 0) is 47.2 Å². The van der Waals surface area contributed by atoms with Crippen LogP contribution in [0.4, 0.5) is 5.69 Å². The largest absolute Gasteiger partial charge is 0.378 e. The molecule has 5 rings (SSSR count). The predicted molar refractivity (Wildman–Crippen MR) is 144 cm³/mol. The number of rotatable bonds is 10. The van der Waals surface area contributed by atoms with Crippen molar-refractivity contribution in [1.82, 2.24) is 20.4 Å². The Kier molecular flexibility index (Phi) is 7.13. The summed E-state index contributed by atoms with van der Waals surface area (Å²) in [6.45, 7) is 0.519. The zero-order chi connectivity index (χ0) is 24.9. The van der Waals surface area contributed by atoms with E-state index in [1.165, 1.54) is 10.9 Å². The number of carbonyl (C=O) groups excluding carboxylic acids is 1. The Bertz CT molecular complexity index is 1420. The van der Waals surface area contributed by atoms with Crippen LogP contribution < -0.4 is 10.2 Å². The van der Waals surface area contributed by atoms with E-state index in [0.717, 1.165) is 21.6 Å². The monoisotopic (exact) mass is 499 g/mol. The first-order chi connectivity index (χ1) is 17.6. The molecule has 1 amide bonds. The molecule has 0 radical (unpaired) electrons. The lowest BCUT2D eigenvalue weighted by Crippen LogP contribution is -2.28. The first-order valence-corrected chi connectivity index (χ1v) is 12.9. The predicted octanol–water partition coefficient (Wildman–Crippen LogP) is 5.62. The molecule has 2 N–H and O–H groups in total. The second-order valence-corrected chi connectivity index (χ2v) is 9.92. The zero-order valence-corrected chi connectivity index (χ0v) is 21.2. The van der Waals surface area contributed by atoms with Gasteiger partial charge >= 0.3 is 0 Å². The minimum absolute atomic E-state index is 0.0164. The van der Waals surface area contributed by atoms with E-state index in [1.54, 1.807) is 11.3 Å². The van der Waals surface area contributed by atoms with Crippen LogP contribution in [0, 0.1) is 0 Å². The number of benzene rings is 2. The van der Waals surface area contributed by atoms with Crippen molar-refractivity contribution in [2.45, 2.75) is 25.2 Å². The molecule has 0 saturated heterocycles. The number of carbonyl (C=O) groups is 1. The lowest BCUT2D eigenvalue weighted by Gasteiger charge is -2.20. The number of H-pyrrole nitrogens is 1. The SMILES string of the molecule is CN(C)c1ccc(C(CNC(=O)CCCc2nc(-c3cccs3)no2)c2c[nH]c3ccccc23)cc1. The molecule has 1 unspecified atom stereocenters. The summed E-state index contributed by atoms with van der Waals surface area (Å²) in [6.07, 6.45) is 3.68. The molecular formula is C28H29N5O2S. The second kappa shape index (κ2) is 10.8. The van der Waals surface area contributed by atoms with Crippen LogP contribution in [-0.4, -0.2) is 41.7 Å². The fraction of sp³-hybridized carbons (Fsp3) is 0.250. The molecule has 0 aliphatic carbocycles. The summed E-state index contributed by atoms with van der Waals surface area (Å²) in [7, 11) is 4.06. The van der Waals surface area contributed by atoms with E-state index in [0.29, 0.717) is 37.5 Å². The van der Waals surface area contributed by atoms with Gasteiger partial charge in [0.25, 0.3) is 0 Å². The highest BCUT2D eigenvalue weighted by molar-refractivity contribution is 7.13. The van der Waals surface area contributed by atoms with Crippen LogP contribution in [0.3, 0.4) is 0 Å². The second-order valence-electron chi connectivity index (χ2n) is 8.97. The van der Waals surface area contributed by atoms with Crippen molar-refractivity contribution in [2.24, 2.45) is 0 Å². The molecule has 3 aromatic heterocycles. The molecule has 8 heteroatoms. The third kappa shape index (κ3) is 5.33.